The second-order valence-corrected chi connectivity index (χ2v) is 3.19. The number of nitro groups is 1. The Morgan fingerprint density at radius 1 is 1.33 bits per heavy atom. The van der Waals surface area contributed by atoms with E-state index in [4.69, 9.17) is 10.2 Å². The standard InChI is InChI=1S/C8H13NO6/c1-2-3-5(9(14)15)4-6(7(10)11)8(12)13/h5-6H,2-4H2,1H3,(H,10,11)(H,12,13). The van der Waals surface area contributed by atoms with Crippen LogP contribution >= 0.6 is 0 Å². The molecule has 0 aromatic rings. The molecule has 0 aliphatic carbocycles. The molecular weight excluding hydrogens is 206 g/mol. The van der Waals surface area contributed by atoms with E-state index in [1.165, 1.54) is 0 Å². The third-order valence-electron chi connectivity index (χ3n) is 2.02. The van der Waals surface area contributed by atoms with Crippen molar-refractivity contribution in [3.8, 4) is 0 Å². The first kappa shape index (κ1) is 13.3. The average molecular weight is 219 g/mol. The minimum absolute atomic E-state index is 0.185. The Morgan fingerprint density at radius 2 is 1.80 bits per heavy atom. The SMILES string of the molecule is CCCC(CC(C(=O)O)C(=O)O)[N+](=O)[O-]. The molecule has 0 fully saturated rings. The summed E-state index contributed by atoms with van der Waals surface area (Å²) in [5.41, 5.74) is 0. The molecule has 0 saturated heterocycles. The number of hydrogen-bond acceptors (Lipinski definition) is 4. The maximum Gasteiger partial charge on any atom is 0.318 e. The Balaban J connectivity index is 4.54. The van der Waals surface area contributed by atoms with Crippen molar-refractivity contribution in [3.63, 3.8) is 0 Å². The lowest BCUT2D eigenvalue weighted by Gasteiger charge is -2.11. The van der Waals surface area contributed by atoms with Crippen LogP contribution in [0.15, 0.2) is 0 Å². The van der Waals surface area contributed by atoms with Gasteiger partial charge in [-0.3, -0.25) is 19.7 Å². The van der Waals surface area contributed by atoms with Crippen molar-refractivity contribution < 1.29 is 24.7 Å². The maximum absolute atomic E-state index is 10.5. The lowest BCUT2D eigenvalue weighted by Crippen LogP contribution is -2.31. The van der Waals surface area contributed by atoms with Crippen molar-refractivity contribution in [2.24, 2.45) is 5.92 Å². The minimum atomic E-state index is -1.70. The minimum Gasteiger partial charge on any atom is -0.481 e. The van der Waals surface area contributed by atoms with Crippen molar-refractivity contribution in [1.82, 2.24) is 0 Å². The summed E-state index contributed by atoms with van der Waals surface area (Å²) in [5.74, 6) is -4.78. The quantitative estimate of drug-likeness (QED) is 0.368. The van der Waals surface area contributed by atoms with Gasteiger partial charge in [-0.15, -0.1) is 0 Å². The first-order chi connectivity index (χ1) is 6.90. The van der Waals surface area contributed by atoms with Crippen LogP contribution in [0.4, 0.5) is 0 Å². The van der Waals surface area contributed by atoms with Crippen molar-refractivity contribution in [2.75, 3.05) is 0 Å². The van der Waals surface area contributed by atoms with Crippen LogP contribution in [0.1, 0.15) is 26.2 Å². The number of carboxylic acids is 2. The fourth-order valence-corrected chi connectivity index (χ4v) is 1.22. The van der Waals surface area contributed by atoms with E-state index in [0.717, 1.165) is 0 Å². The molecule has 7 nitrogen and oxygen atoms in total. The van der Waals surface area contributed by atoms with Gasteiger partial charge in [0, 0.05) is 17.8 Å². The summed E-state index contributed by atoms with van der Waals surface area (Å²) in [6.45, 7) is 1.72. The van der Waals surface area contributed by atoms with Crippen LogP contribution in [0.3, 0.4) is 0 Å². The Labute approximate surface area is 85.9 Å². The first-order valence-corrected chi connectivity index (χ1v) is 4.49. The van der Waals surface area contributed by atoms with E-state index in [-0.39, 0.29) is 6.42 Å². The highest BCUT2D eigenvalue weighted by molar-refractivity contribution is 5.92. The normalized spacial score (nSPS) is 12.4. The van der Waals surface area contributed by atoms with E-state index in [0.29, 0.717) is 6.42 Å². The van der Waals surface area contributed by atoms with Gasteiger partial charge in [-0.1, -0.05) is 6.92 Å². The molecule has 2 N–H and O–H groups in total. The maximum atomic E-state index is 10.5. The number of hydrogen-bond donors (Lipinski definition) is 2. The topological polar surface area (TPSA) is 118 Å². The Morgan fingerprint density at radius 3 is 2.07 bits per heavy atom. The van der Waals surface area contributed by atoms with Gasteiger partial charge in [-0.05, 0) is 6.42 Å². The van der Waals surface area contributed by atoms with Gasteiger partial charge in [0.2, 0.25) is 6.04 Å². The van der Waals surface area contributed by atoms with E-state index in [1.807, 2.05) is 0 Å². The van der Waals surface area contributed by atoms with Gasteiger partial charge in [0.05, 0.1) is 0 Å². The molecule has 0 heterocycles. The molecule has 15 heavy (non-hydrogen) atoms. The van der Waals surface area contributed by atoms with E-state index >= 15 is 0 Å². The fourth-order valence-electron chi connectivity index (χ4n) is 1.22. The van der Waals surface area contributed by atoms with E-state index in [9.17, 15) is 19.7 Å². The molecule has 0 saturated carbocycles. The van der Waals surface area contributed by atoms with Crippen LogP contribution in [-0.2, 0) is 9.59 Å². The molecule has 1 unspecified atom stereocenters. The molecule has 86 valence electrons. The molecule has 7 heteroatoms. The summed E-state index contributed by atoms with van der Waals surface area (Å²) >= 11 is 0. The van der Waals surface area contributed by atoms with Gasteiger partial charge in [-0.2, -0.15) is 0 Å². The van der Waals surface area contributed by atoms with Crippen LogP contribution in [0.2, 0.25) is 0 Å². The summed E-state index contributed by atoms with van der Waals surface area (Å²) in [6.07, 6.45) is 0.229. The van der Waals surface area contributed by atoms with Crippen LogP contribution in [0, 0.1) is 16.0 Å². The van der Waals surface area contributed by atoms with Crippen molar-refractivity contribution >= 4 is 11.9 Å². The molecule has 0 rings (SSSR count). The van der Waals surface area contributed by atoms with Gasteiger partial charge >= 0.3 is 11.9 Å². The second kappa shape index (κ2) is 5.94. The smallest absolute Gasteiger partial charge is 0.318 e. The highest BCUT2D eigenvalue weighted by Gasteiger charge is 2.33. The number of rotatable bonds is 7. The highest BCUT2D eigenvalue weighted by atomic mass is 16.6. The Hall–Kier alpha value is -1.66. The largest absolute Gasteiger partial charge is 0.481 e. The van der Waals surface area contributed by atoms with Gasteiger partial charge in [0.25, 0.3) is 0 Å². The predicted octanol–water partition coefficient (Wildman–Crippen LogP) is 0.607. The number of carboxylic acid groups (broad SMARTS) is 2. The predicted molar refractivity (Wildman–Crippen MR) is 49.1 cm³/mol. The average Bonchev–Trinajstić information content (AvgIpc) is 2.10. The molecule has 1 atom stereocenters. The summed E-state index contributed by atoms with van der Waals surface area (Å²) in [6, 6.07) is -1.10. The number of nitrogens with zero attached hydrogens (tertiary/aromatic N) is 1. The van der Waals surface area contributed by atoms with Crippen molar-refractivity contribution in [2.45, 2.75) is 32.2 Å². The first-order valence-electron chi connectivity index (χ1n) is 4.49. The zero-order valence-corrected chi connectivity index (χ0v) is 8.25. The molecule has 0 aromatic carbocycles. The summed E-state index contributed by atoms with van der Waals surface area (Å²) in [5, 5.41) is 27.6. The Bertz CT molecular complexity index is 250. The molecule has 0 amide bonds. The second-order valence-electron chi connectivity index (χ2n) is 3.19. The molecule has 0 radical (unpaired) electrons. The summed E-state index contributed by atoms with van der Waals surface area (Å²) in [7, 11) is 0. The van der Waals surface area contributed by atoms with Crippen molar-refractivity contribution in [1.29, 1.82) is 0 Å². The molecule has 0 aliphatic heterocycles. The van der Waals surface area contributed by atoms with Gasteiger partial charge in [-0.25, -0.2) is 0 Å². The van der Waals surface area contributed by atoms with Gasteiger partial charge in [0.1, 0.15) is 0 Å². The third kappa shape index (κ3) is 4.39. The molecule has 0 aliphatic rings. The third-order valence-corrected chi connectivity index (χ3v) is 2.02. The van der Waals surface area contributed by atoms with E-state index in [2.05, 4.69) is 0 Å². The van der Waals surface area contributed by atoms with Gasteiger partial charge in [0.15, 0.2) is 5.92 Å². The van der Waals surface area contributed by atoms with Crippen LogP contribution < -0.4 is 0 Å². The summed E-state index contributed by atoms with van der Waals surface area (Å²) < 4.78 is 0. The molecule has 0 bridgehead atoms. The fraction of sp³-hybridized carbons (Fsp3) is 0.750. The van der Waals surface area contributed by atoms with Crippen molar-refractivity contribution in [3.05, 3.63) is 10.1 Å². The zero-order chi connectivity index (χ0) is 12.0. The van der Waals surface area contributed by atoms with E-state index in [1.54, 1.807) is 6.92 Å². The van der Waals surface area contributed by atoms with Crippen LogP contribution in [0.25, 0.3) is 0 Å². The van der Waals surface area contributed by atoms with Crippen LogP contribution in [-0.4, -0.2) is 33.1 Å². The monoisotopic (exact) mass is 219 g/mol. The highest BCUT2D eigenvalue weighted by Crippen LogP contribution is 2.14. The lowest BCUT2D eigenvalue weighted by atomic mass is 9.97. The number of carbonyl (C=O) groups is 2. The molecular formula is C8H13NO6. The zero-order valence-electron chi connectivity index (χ0n) is 8.25. The molecule has 0 aromatic heterocycles. The van der Waals surface area contributed by atoms with Crippen LogP contribution in [0.5, 0.6) is 0 Å². The summed E-state index contributed by atoms with van der Waals surface area (Å²) in [4.78, 5) is 30.9. The Kier molecular flexibility index (Phi) is 5.29. The lowest BCUT2D eigenvalue weighted by molar-refractivity contribution is -0.525. The number of aliphatic carboxylic acids is 2. The molecule has 0 spiro atoms. The van der Waals surface area contributed by atoms with Gasteiger partial charge < -0.3 is 10.2 Å². The van der Waals surface area contributed by atoms with E-state index < -0.39 is 35.2 Å².